The van der Waals surface area contributed by atoms with Gasteiger partial charge in [0.05, 0.1) is 11.7 Å². The van der Waals surface area contributed by atoms with Crippen molar-refractivity contribution in [3.8, 4) is 0 Å². The Morgan fingerprint density at radius 3 is 3.21 bits per heavy atom. The Labute approximate surface area is 91.2 Å². The van der Waals surface area contributed by atoms with Gasteiger partial charge in [0, 0.05) is 13.1 Å². The maximum absolute atomic E-state index is 6.27. The summed E-state index contributed by atoms with van der Waals surface area (Å²) in [4.78, 5) is 0. The molecule has 3 heteroatoms. The average molecular weight is 215 g/mol. The largest absolute Gasteiger partial charge is 0.369 e. The molecule has 0 amide bonds. The van der Waals surface area contributed by atoms with Crippen molar-refractivity contribution in [2.45, 2.75) is 44.3 Å². The molecule has 82 valence electrons. The zero-order valence-corrected chi connectivity index (χ0v) is 9.87. The Kier molecular flexibility index (Phi) is 3.74. The van der Waals surface area contributed by atoms with Crippen molar-refractivity contribution in [2.24, 2.45) is 0 Å². The quantitative estimate of drug-likeness (QED) is 0.723. The molecule has 1 N–H and O–H groups in total. The summed E-state index contributed by atoms with van der Waals surface area (Å²) in [5, 5.41) is 3.54. The van der Waals surface area contributed by atoms with Gasteiger partial charge in [0.25, 0.3) is 0 Å². The van der Waals surface area contributed by atoms with Gasteiger partial charge in [-0.05, 0) is 37.2 Å². The highest BCUT2D eigenvalue weighted by Crippen LogP contribution is 2.32. The van der Waals surface area contributed by atoms with E-state index in [0.717, 1.165) is 19.5 Å². The van der Waals surface area contributed by atoms with Crippen molar-refractivity contribution in [1.82, 2.24) is 5.32 Å². The third-order valence-electron chi connectivity index (χ3n) is 3.31. The monoisotopic (exact) mass is 215 g/mol. The lowest BCUT2D eigenvalue weighted by Crippen LogP contribution is -2.53. The van der Waals surface area contributed by atoms with E-state index in [-0.39, 0.29) is 5.60 Å². The smallest absolute Gasteiger partial charge is 0.0818 e. The van der Waals surface area contributed by atoms with Gasteiger partial charge in [-0.3, -0.25) is 0 Å². The number of nitrogens with one attached hydrogen (secondary N) is 1. The second-order valence-corrected chi connectivity index (χ2v) is 5.65. The number of rotatable bonds is 1. The molecule has 2 unspecified atom stereocenters. The van der Waals surface area contributed by atoms with Crippen molar-refractivity contribution in [3.63, 3.8) is 0 Å². The van der Waals surface area contributed by atoms with Crippen LogP contribution in [0, 0.1) is 0 Å². The summed E-state index contributed by atoms with van der Waals surface area (Å²) in [5.41, 5.74) is 0.183. The van der Waals surface area contributed by atoms with Crippen LogP contribution < -0.4 is 5.32 Å². The van der Waals surface area contributed by atoms with E-state index < -0.39 is 0 Å². The molecule has 0 bridgehead atoms. The van der Waals surface area contributed by atoms with E-state index in [1.54, 1.807) is 0 Å². The van der Waals surface area contributed by atoms with Gasteiger partial charge in [-0.25, -0.2) is 0 Å². The van der Waals surface area contributed by atoms with Gasteiger partial charge in [-0.1, -0.05) is 6.92 Å². The van der Waals surface area contributed by atoms with Gasteiger partial charge >= 0.3 is 0 Å². The van der Waals surface area contributed by atoms with E-state index in [2.05, 4.69) is 24.0 Å². The van der Waals surface area contributed by atoms with E-state index in [9.17, 15) is 0 Å². The first kappa shape index (κ1) is 10.8. The lowest BCUT2D eigenvalue weighted by atomic mass is 9.92. The molecular formula is C11H21NOS. The molecule has 1 spiro atoms. The first-order chi connectivity index (χ1) is 6.85. The van der Waals surface area contributed by atoms with E-state index in [0.29, 0.717) is 6.10 Å². The van der Waals surface area contributed by atoms with Crippen LogP contribution in [0.2, 0.25) is 0 Å². The van der Waals surface area contributed by atoms with Crippen molar-refractivity contribution < 1.29 is 4.74 Å². The molecule has 0 aromatic heterocycles. The van der Waals surface area contributed by atoms with Gasteiger partial charge in [-0.2, -0.15) is 11.8 Å². The van der Waals surface area contributed by atoms with Crippen LogP contribution in [0.3, 0.4) is 0 Å². The van der Waals surface area contributed by atoms with Crippen molar-refractivity contribution in [2.75, 3.05) is 24.6 Å². The average Bonchev–Trinajstić information content (AvgIpc) is 2.44. The molecule has 0 radical (unpaired) electrons. The molecule has 14 heavy (non-hydrogen) atoms. The molecule has 2 fully saturated rings. The van der Waals surface area contributed by atoms with Crippen LogP contribution in [-0.4, -0.2) is 36.3 Å². The molecule has 2 rings (SSSR count). The summed E-state index contributed by atoms with van der Waals surface area (Å²) in [6.45, 7) is 4.34. The van der Waals surface area contributed by atoms with Crippen LogP contribution in [-0.2, 0) is 4.74 Å². The summed E-state index contributed by atoms with van der Waals surface area (Å²) in [6.07, 6.45) is 5.40. The van der Waals surface area contributed by atoms with Gasteiger partial charge in [0.2, 0.25) is 0 Å². The molecule has 2 heterocycles. The Morgan fingerprint density at radius 2 is 2.36 bits per heavy atom. The fraction of sp³-hybridized carbons (Fsp3) is 1.00. The molecule has 0 aromatic carbocycles. The fourth-order valence-electron chi connectivity index (χ4n) is 2.40. The van der Waals surface area contributed by atoms with Crippen LogP contribution in [0.4, 0.5) is 0 Å². The van der Waals surface area contributed by atoms with Crippen LogP contribution in [0.1, 0.15) is 32.6 Å². The zero-order chi connectivity index (χ0) is 9.86. The standard InChI is InChI=1S/C11H21NOS/c1-2-10-8-12-9-11(13-10)4-3-6-14-7-5-11/h10,12H,2-9H2,1H3. The highest BCUT2D eigenvalue weighted by atomic mass is 32.2. The third kappa shape index (κ3) is 2.44. The number of morpholine rings is 1. The lowest BCUT2D eigenvalue weighted by molar-refractivity contribution is -0.122. The van der Waals surface area contributed by atoms with Crippen LogP contribution >= 0.6 is 11.8 Å². The summed E-state index contributed by atoms with van der Waals surface area (Å²) in [6, 6.07) is 0. The van der Waals surface area contributed by atoms with Gasteiger partial charge < -0.3 is 10.1 Å². The second-order valence-electron chi connectivity index (χ2n) is 4.43. The zero-order valence-electron chi connectivity index (χ0n) is 9.05. The summed E-state index contributed by atoms with van der Waals surface area (Å²) < 4.78 is 6.27. The molecule has 2 nitrogen and oxygen atoms in total. The summed E-state index contributed by atoms with van der Waals surface area (Å²) in [7, 11) is 0. The van der Waals surface area contributed by atoms with Crippen LogP contribution in [0.15, 0.2) is 0 Å². The maximum Gasteiger partial charge on any atom is 0.0818 e. The molecule has 0 aromatic rings. The van der Waals surface area contributed by atoms with Crippen LogP contribution in [0.25, 0.3) is 0 Å². The summed E-state index contributed by atoms with van der Waals surface area (Å²) in [5.74, 6) is 2.60. The van der Waals surface area contributed by atoms with Crippen molar-refractivity contribution in [3.05, 3.63) is 0 Å². The van der Waals surface area contributed by atoms with E-state index in [1.807, 2.05) is 0 Å². The SMILES string of the molecule is CCC1CNCC2(CCCSCC2)O1. The van der Waals surface area contributed by atoms with Crippen LogP contribution in [0.5, 0.6) is 0 Å². The van der Waals surface area contributed by atoms with Crippen molar-refractivity contribution >= 4 is 11.8 Å². The first-order valence-corrected chi connectivity index (χ1v) is 6.96. The van der Waals surface area contributed by atoms with E-state index in [1.165, 1.54) is 30.8 Å². The Balaban J connectivity index is 1.97. The predicted octanol–water partition coefficient (Wildman–Crippen LogP) is 2.04. The minimum absolute atomic E-state index is 0.183. The second kappa shape index (κ2) is 4.86. The van der Waals surface area contributed by atoms with Crippen molar-refractivity contribution in [1.29, 1.82) is 0 Å². The highest BCUT2D eigenvalue weighted by Gasteiger charge is 2.36. The molecule has 0 saturated carbocycles. The normalized spacial score (nSPS) is 39.6. The highest BCUT2D eigenvalue weighted by molar-refractivity contribution is 7.99. The molecule has 2 aliphatic rings. The molecule has 2 aliphatic heterocycles. The fourth-order valence-corrected chi connectivity index (χ4v) is 3.47. The number of hydrogen-bond acceptors (Lipinski definition) is 3. The van der Waals surface area contributed by atoms with Gasteiger partial charge in [0.15, 0.2) is 0 Å². The van der Waals surface area contributed by atoms with E-state index >= 15 is 0 Å². The topological polar surface area (TPSA) is 21.3 Å². The number of ether oxygens (including phenoxy) is 1. The Bertz CT molecular complexity index is 178. The molecule has 2 saturated heterocycles. The lowest BCUT2D eigenvalue weighted by Gasteiger charge is -2.41. The number of thioether (sulfide) groups is 1. The minimum atomic E-state index is 0.183. The first-order valence-electron chi connectivity index (χ1n) is 5.81. The molecule has 0 aliphatic carbocycles. The summed E-state index contributed by atoms with van der Waals surface area (Å²) >= 11 is 2.08. The molecular weight excluding hydrogens is 194 g/mol. The van der Waals surface area contributed by atoms with E-state index in [4.69, 9.17) is 4.74 Å². The maximum atomic E-state index is 6.27. The Hall–Kier alpha value is 0.270. The third-order valence-corrected chi connectivity index (χ3v) is 4.38. The van der Waals surface area contributed by atoms with Gasteiger partial charge in [-0.15, -0.1) is 0 Å². The Morgan fingerprint density at radius 1 is 1.43 bits per heavy atom. The molecule has 2 atom stereocenters. The van der Waals surface area contributed by atoms with Gasteiger partial charge in [0.1, 0.15) is 0 Å². The minimum Gasteiger partial charge on any atom is -0.369 e. The predicted molar refractivity (Wildman–Crippen MR) is 61.9 cm³/mol. The number of hydrogen-bond donors (Lipinski definition) is 1.